The Labute approximate surface area is 102 Å². The van der Waals surface area contributed by atoms with Crippen molar-refractivity contribution in [2.45, 2.75) is 19.3 Å². The number of benzene rings is 1. The fourth-order valence-corrected chi connectivity index (χ4v) is 2.11. The van der Waals surface area contributed by atoms with Crippen LogP contribution in [0.15, 0.2) is 48.7 Å². The van der Waals surface area contributed by atoms with Gasteiger partial charge in [0.05, 0.1) is 0 Å². The van der Waals surface area contributed by atoms with Crippen molar-refractivity contribution in [3.05, 3.63) is 65.5 Å². The lowest BCUT2D eigenvalue weighted by Crippen LogP contribution is -2.03. The molecule has 0 fully saturated rings. The van der Waals surface area contributed by atoms with Crippen molar-refractivity contribution in [1.29, 1.82) is 5.26 Å². The zero-order valence-corrected chi connectivity index (χ0v) is 9.80. The zero-order valence-electron chi connectivity index (χ0n) is 9.80. The number of nitriles is 1. The molecule has 2 nitrogen and oxygen atoms in total. The Morgan fingerprint density at radius 3 is 2.59 bits per heavy atom. The minimum absolute atomic E-state index is 0.250. The maximum Gasteiger partial charge on any atom is 0.144 e. The van der Waals surface area contributed by atoms with Gasteiger partial charge in [-0.3, -0.25) is 0 Å². The Kier molecular flexibility index (Phi) is 3.52. The van der Waals surface area contributed by atoms with Crippen molar-refractivity contribution < 1.29 is 0 Å². The van der Waals surface area contributed by atoms with E-state index in [9.17, 15) is 0 Å². The highest BCUT2D eigenvalue weighted by atomic mass is 14.7. The van der Waals surface area contributed by atoms with E-state index in [2.05, 4.69) is 30.1 Å². The van der Waals surface area contributed by atoms with Crippen molar-refractivity contribution in [3.63, 3.8) is 0 Å². The van der Waals surface area contributed by atoms with Crippen LogP contribution >= 0.6 is 0 Å². The third kappa shape index (κ3) is 2.34. The largest absolute Gasteiger partial charge is 0.245 e. The van der Waals surface area contributed by atoms with E-state index in [1.807, 2.05) is 30.3 Å². The molecular formula is C15H14N2. The second-order valence-electron chi connectivity index (χ2n) is 3.92. The van der Waals surface area contributed by atoms with Gasteiger partial charge in [-0.2, -0.15) is 5.26 Å². The summed E-state index contributed by atoms with van der Waals surface area (Å²) in [4.78, 5) is 4.13. The van der Waals surface area contributed by atoms with Crippen LogP contribution in [0.25, 0.3) is 0 Å². The molecule has 0 N–H and O–H groups in total. The summed E-state index contributed by atoms with van der Waals surface area (Å²) >= 11 is 0. The van der Waals surface area contributed by atoms with Crippen LogP contribution in [0, 0.1) is 11.3 Å². The highest BCUT2D eigenvalue weighted by Gasteiger charge is 2.15. The molecule has 1 unspecified atom stereocenters. The van der Waals surface area contributed by atoms with E-state index in [-0.39, 0.29) is 5.92 Å². The normalized spacial score (nSPS) is 11.8. The Morgan fingerprint density at radius 2 is 1.94 bits per heavy atom. The predicted molar refractivity (Wildman–Crippen MR) is 67.5 cm³/mol. The van der Waals surface area contributed by atoms with Gasteiger partial charge in [-0.05, 0) is 23.6 Å². The molecule has 1 aromatic carbocycles. The molecule has 2 aromatic rings. The molecule has 0 aliphatic heterocycles. The summed E-state index contributed by atoms with van der Waals surface area (Å²) in [5.74, 6) is 0.250. The highest BCUT2D eigenvalue weighted by molar-refractivity contribution is 5.39. The van der Waals surface area contributed by atoms with E-state index in [4.69, 9.17) is 5.26 Å². The molecule has 84 valence electrons. The molecule has 0 amide bonds. The number of rotatable bonds is 3. The van der Waals surface area contributed by atoms with Crippen molar-refractivity contribution in [1.82, 2.24) is 4.98 Å². The molecule has 1 aromatic heterocycles. The van der Waals surface area contributed by atoms with E-state index in [1.54, 1.807) is 6.20 Å². The number of pyridine rings is 1. The van der Waals surface area contributed by atoms with Crippen LogP contribution in [-0.2, 0) is 0 Å². The SMILES string of the molecule is CCC(c1ccccc1)c1cccnc1C#N. The molecule has 0 saturated carbocycles. The van der Waals surface area contributed by atoms with Gasteiger partial charge < -0.3 is 0 Å². The van der Waals surface area contributed by atoms with Crippen molar-refractivity contribution in [2.75, 3.05) is 0 Å². The summed E-state index contributed by atoms with van der Waals surface area (Å²) in [5, 5.41) is 9.10. The van der Waals surface area contributed by atoms with Gasteiger partial charge in [-0.25, -0.2) is 4.98 Å². The topological polar surface area (TPSA) is 36.7 Å². The van der Waals surface area contributed by atoms with Crippen molar-refractivity contribution in [3.8, 4) is 6.07 Å². The molecule has 1 atom stereocenters. The first-order valence-electron chi connectivity index (χ1n) is 5.76. The van der Waals surface area contributed by atoms with Gasteiger partial charge in [-0.1, -0.05) is 43.3 Å². The smallest absolute Gasteiger partial charge is 0.144 e. The average Bonchev–Trinajstić information content (AvgIpc) is 2.41. The number of aromatic nitrogens is 1. The summed E-state index contributed by atoms with van der Waals surface area (Å²) in [6, 6.07) is 16.3. The average molecular weight is 222 g/mol. The van der Waals surface area contributed by atoms with Crippen molar-refractivity contribution in [2.24, 2.45) is 0 Å². The predicted octanol–water partition coefficient (Wildman–Crippen LogP) is 3.50. The molecule has 1 heterocycles. The van der Waals surface area contributed by atoms with Crippen LogP contribution in [0.3, 0.4) is 0 Å². The molecule has 17 heavy (non-hydrogen) atoms. The second-order valence-corrected chi connectivity index (χ2v) is 3.92. The maximum atomic E-state index is 9.10. The van der Waals surface area contributed by atoms with Crippen LogP contribution in [-0.4, -0.2) is 4.98 Å². The minimum Gasteiger partial charge on any atom is -0.245 e. The molecule has 0 radical (unpaired) electrons. The monoisotopic (exact) mass is 222 g/mol. The van der Waals surface area contributed by atoms with Gasteiger partial charge in [0, 0.05) is 12.1 Å². The van der Waals surface area contributed by atoms with Crippen LogP contribution in [0.2, 0.25) is 0 Å². The number of hydrogen-bond acceptors (Lipinski definition) is 2. The first kappa shape index (κ1) is 11.3. The Bertz CT molecular complexity index is 526. The Morgan fingerprint density at radius 1 is 1.18 bits per heavy atom. The summed E-state index contributed by atoms with van der Waals surface area (Å²) in [5.41, 5.74) is 2.78. The summed E-state index contributed by atoms with van der Waals surface area (Å²) in [7, 11) is 0. The Balaban J connectivity index is 2.47. The summed E-state index contributed by atoms with van der Waals surface area (Å²) in [6.07, 6.45) is 2.63. The minimum atomic E-state index is 0.250. The molecule has 0 aliphatic rings. The van der Waals surface area contributed by atoms with E-state index < -0.39 is 0 Å². The molecular weight excluding hydrogens is 208 g/mol. The lowest BCUT2D eigenvalue weighted by molar-refractivity contribution is 0.769. The molecule has 0 spiro atoms. The Hall–Kier alpha value is -2.14. The van der Waals surface area contributed by atoms with Gasteiger partial charge in [0.15, 0.2) is 0 Å². The zero-order chi connectivity index (χ0) is 12.1. The summed E-state index contributed by atoms with van der Waals surface area (Å²) in [6.45, 7) is 2.13. The molecule has 0 aliphatic carbocycles. The van der Waals surface area contributed by atoms with Gasteiger partial charge >= 0.3 is 0 Å². The third-order valence-corrected chi connectivity index (χ3v) is 2.93. The first-order valence-corrected chi connectivity index (χ1v) is 5.76. The lowest BCUT2D eigenvalue weighted by Gasteiger charge is -2.16. The molecule has 2 heteroatoms. The van der Waals surface area contributed by atoms with E-state index in [1.165, 1.54) is 5.56 Å². The van der Waals surface area contributed by atoms with Crippen LogP contribution in [0.1, 0.15) is 36.1 Å². The van der Waals surface area contributed by atoms with Crippen LogP contribution in [0.5, 0.6) is 0 Å². The fraction of sp³-hybridized carbons (Fsp3) is 0.200. The van der Waals surface area contributed by atoms with Gasteiger partial charge in [0.25, 0.3) is 0 Å². The van der Waals surface area contributed by atoms with Gasteiger partial charge in [-0.15, -0.1) is 0 Å². The van der Waals surface area contributed by atoms with E-state index in [0.29, 0.717) is 5.69 Å². The molecule has 0 bridgehead atoms. The lowest BCUT2D eigenvalue weighted by atomic mass is 9.88. The standard InChI is InChI=1S/C15H14N2/c1-2-13(12-7-4-3-5-8-12)14-9-6-10-17-15(14)11-16/h3-10,13H,2H2,1H3. The quantitative estimate of drug-likeness (QED) is 0.797. The van der Waals surface area contributed by atoms with E-state index in [0.717, 1.165) is 12.0 Å². The van der Waals surface area contributed by atoms with Crippen LogP contribution in [0.4, 0.5) is 0 Å². The fourth-order valence-electron chi connectivity index (χ4n) is 2.11. The van der Waals surface area contributed by atoms with Gasteiger partial charge in [0.1, 0.15) is 11.8 Å². The van der Waals surface area contributed by atoms with Crippen molar-refractivity contribution >= 4 is 0 Å². The van der Waals surface area contributed by atoms with Gasteiger partial charge in [0.2, 0.25) is 0 Å². The summed E-state index contributed by atoms with van der Waals surface area (Å²) < 4.78 is 0. The molecule has 2 rings (SSSR count). The first-order chi connectivity index (χ1) is 8.36. The third-order valence-electron chi connectivity index (χ3n) is 2.93. The number of hydrogen-bond donors (Lipinski definition) is 0. The molecule has 0 saturated heterocycles. The highest BCUT2D eigenvalue weighted by Crippen LogP contribution is 2.28. The van der Waals surface area contributed by atoms with Crippen LogP contribution < -0.4 is 0 Å². The van der Waals surface area contributed by atoms with E-state index >= 15 is 0 Å². The number of nitrogens with zero attached hydrogens (tertiary/aromatic N) is 2. The second kappa shape index (κ2) is 5.27. The maximum absolute atomic E-state index is 9.10.